The maximum atomic E-state index is 5.91. The van der Waals surface area contributed by atoms with Crippen LogP contribution < -0.4 is 10.6 Å². The van der Waals surface area contributed by atoms with Crippen molar-refractivity contribution < 1.29 is 0 Å². The van der Waals surface area contributed by atoms with Gasteiger partial charge in [0.15, 0.2) is 0 Å². The molecule has 0 radical (unpaired) electrons. The van der Waals surface area contributed by atoms with E-state index in [1.807, 2.05) is 6.92 Å². The summed E-state index contributed by atoms with van der Waals surface area (Å²) in [6, 6.07) is 10.6. The van der Waals surface area contributed by atoms with Gasteiger partial charge in [0.1, 0.15) is 0 Å². The van der Waals surface area contributed by atoms with Crippen molar-refractivity contribution in [2.24, 2.45) is 5.73 Å². The van der Waals surface area contributed by atoms with Gasteiger partial charge in [0.25, 0.3) is 0 Å². The first-order chi connectivity index (χ1) is 8.58. The molecule has 0 spiro atoms. The second kappa shape index (κ2) is 5.87. The summed E-state index contributed by atoms with van der Waals surface area (Å²) in [6.07, 6.45) is 0. The molecule has 1 heterocycles. The average Bonchev–Trinajstić information content (AvgIpc) is 2.81. The minimum Gasteiger partial charge on any atom is -0.369 e. The monoisotopic (exact) mass is 324 g/mol. The number of halogens is 1. The van der Waals surface area contributed by atoms with Crippen LogP contribution in [-0.4, -0.2) is 7.05 Å². The molecule has 2 rings (SSSR count). The summed E-state index contributed by atoms with van der Waals surface area (Å²) in [5.74, 6) is 0. The molecule has 2 aromatic rings. The fourth-order valence-corrected chi connectivity index (χ4v) is 3.34. The van der Waals surface area contributed by atoms with Gasteiger partial charge in [-0.1, -0.05) is 28.1 Å². The lowest BCUT2D eigenvalue weighted by atomic mass is 10.1. The molecular weight excluding hydrogens is 308 g/mol. The Bertz CT molecular complexity index is 509. The first-order valence-corrected chi connectivity index (χ1v) is 7.53. The molecule has 2 N–H and O–H groups in total. The highest BCUT2D eigenvalue weighted by Gasteiger charge is 2.08. The van der Waals surface area contributed by atoms with Gasteiger partial charge in [-0.25, -0.2) is 0 Å². The standard InChI is InChI=1S/C14H17BrN2S/c1-10(16)13-6-5-11(8-14(13)15)17(2)9-12-4-3-7-18-12/h3-8,10H,9,16H2,1-2H3. The highest BCUT2D eigenvalue weighted by atomic mass is 79.9. The van der Waals surface area contributed by atoms with E-state index < -0.39 is 0 Å². The highest BCUT2D eigenvalue weighted by Crippen LogP contribution is 2.28. The largest absolute Gasteiger partial charge is 0.369 e. The van der Waals surface area contributed by atoms with E-state index in [0.717, 1.165) is 16.6 Å². The van der Waals surface area contributed by atoms with Crippen molar-refractivity contribution in [1.82, 2.24) is 0 Å². The number of thiophene rings is 1. The molecule has 1 aromatic heterocycles. The molecule has 0 saturated heterocycles. The van der Waals surface area contributed by atoms with E-state index in [-0.39, 0.29) is 6.04 Å². The average molecular weight is 325 g/mol. The molecule has 0 saturated carbocycles. The number of hydrogen-bond donors (Lipinski definition) is 1. The van der Waals surface area contributed by atoms with Crippen LogP contribution in [0.15, 0.2) is 40.2 Å². The second-order valence-corrected chi connectivity index (χ2v) is 6.32. The number of benzene rings is 1. The summed E-state index contributed by atoms with van der Waals surface area (Å²) in [4.78, 5) is 3.60. The SMILES string of the molecule is CC(N)c1ccc(N(C)Cc2cccs2)cc1Br. The second-order valence-electron chi connectivity index (χ2n) is 4.43. The van der Waals surface area contributed by atoms with Crippen molar-refractivity contribution >= 4 is 33.0 Å². The van der Waals surface area contributed by atoms with Crippen LogP contribution in [0.3, 0.4) is 0 Å². The topological polar surface area (TPSA) is 29.3 Å². The van der Waals surface area contributed by atoms with E-state index in [9.17, 15) is 0 Å². The molecule has 0 amide bonds. The Morgan fingerprint density at radius 1 is 1.39 bits per heavy atom. The van der Waals surface area contributed by atoms with Crippen LogP contribution in [0.2, 0.25) is 0 Å². The lowest BCUT2D eigenvalue weighted by molar-refractivity contribution is 0.812. The van der Waals surface area contributed by atoms with Crippen LogP contribution in [-0.2, 0) is 6.54 Å². The summed E-state index contributed by atoms with van der Waals surface area (Å²) in [6.45, 7) is 2.93. The molecule has 4 heteroatoms. The molecule has 96 valence electrons. The van der Waals surface area contributed by atoms with Crippen LogP contribution >= 0.6 is 27.3 Å². The van der Waals surface area contributed by atoms with Crippen molar-refractivity contribution in [2.75, 3.05) is 11.9 Å². The smallest absolute Gasteiger partial charge is 0.0519 e. The van der Waals surface area contributed by atoms with E-state index in [2.05, 4.69) is 63.6 Å². The lowest BCUT2D eigenvalue weighted by Crippen LogP contribution is -2.16. The molecule has 0 aliphatic heterocycles. The van der Waals surface area contributed by atoms with Crippen molar-refractivity contribution in [3.8, 4) is 0 Å². The van der Waals surface area contributed by atoms with Gasteiger partial charge in [0.05, 0.1) is 6.54 Å². The highest BCUT2D eigenvalue weighted by molar-refractivity contribution is 9.10. The molecule has 0 aliphatic rings. The van der Waals surface area contributed by atoms with Gasteiger partial charge in [0.2, 0.25) is 0 Å². The zero-order valence-corrected chi connectivity index (χ0v) is 13.0. The minimum absolute atomic E-state index is 0.0519. The van der Waals surface area contributed by atoms with Crippen LogP contribution in [0.25, 0.3) is 0 Å². The summed E-state index contributed by atoms with van der Waals surface area (Å²) >= 11 is 5.37. The fourth-order valence-electron chi connectivity index (χ4n) is 1.85. The summed E-state index contributed by atoms with van der Waals surface area (Å²) in [5, 5.41) is 2.11. The van der Waals surface area contributed by atoms with E-state index >= 15 is 0 Å². The fraction of sp³-hybridized carbons (Fsp3) is 0.286. The zero-order chi connectivity index (χ0) is 13.1. The summed E-state index contributed by atoms with van der Waals surface area (Å²) in [7, 11) is 2.10. The van der Waals surface area contributed by atoms with Crippen molar-refractivity contribution in [1.29, 1.82) is 0 Å². The quantitative estimate of drug-likeness (QED) is 0.914. The maximum absolute atomic E-state index is 5.91. The Hall–Kier alpha value is -0.840. The first-order valence-electron chi connectivity index (χ1n) is 5.86. The van der Waals surface area contributed by atoms with Crippen molar-refractivity contribution in [2.45, 2.75) is 19.5 Å². The van der Waals surface area contributed by atoms with Crippen LogP contribution in [0.1, 0.15) is 23.4 Å². The molecular formula is C14H17BrN2S. The van der Waals surface area contributed by atoms with Gasteiger partial charge in [-0.15, -0.1) is 11.3 Å². The number of rotatable bonds is 4. The number of hydrogen-bond acceptors (Lipinski definition) is 3. The molecule has 18 heavy (non-hydrogen) atoms. The van der Waals surface area contributed by atoms with Gasteiger partial charge < -0.3 is 10.6 Å². The third-order valence-corrected chi connectivity index (χ3v) is 4.44. The molecule has 1 aromatic carbocycles. The Balaban J connectivity index is 2.16. The third kappa shape index (κ3) is 3.13. The van der Waals surface area contributed by atoms with Gasteiger partial charge in [0, 0.05) is 28.1 Å². The molecule has 1 atom stereocenters. The molecule has 0 aliphatic carbocycles. The number of nitrogens with two attached hydrogens (primary N) is 1. The van der Waals surface area contributed by atoms with Gasteiger partial charge in [-0.3, -0.25) is 0 Å². The normalized spacial score (nSPS) is 12.4. The maximum Gasteiger partial charge on any atom is 0.0519 e. The molecule has 1 unspecified atom stereocenters. The predicted molar refractivity (Wildman–Crippen MR) is 83.2 cm³/mol. The first kappa shape index (κ1) is 13.6. The van der Waals surface area contributed by atoms with E-state index in [4.69, 9.17) is 5.73 Å². The third-order valence-electron chi connectivity index (χ3n) is 2.89. The van der Waals surface area contributed by atoms with Crippen LogP contribution in [0.5, 0.6) is 0 Å². The Kier molecular flexibility index (Phi) is 4.43. The summed E-state index contributed by atoms with van der Waals surface area (Å²) in [5.41, 5.74) is 8.24. The van der Waals surface area contributed by atoms with Crippen LogP contribution in [0.4, 0.5) is 5.69 Å². The Morgan fingerprint density at radius 3 is 2.72 bits per heavy atom. The Morgan fingerprint density at radius 2 is 2.17 bits per heavy atom. The number of nitrogens with zero attached hydrogens (tertiary/aromatic N) is 1. The number of anilines is 1. The lowest BCUT2D eigenvalue weighted by Gasteiger charge is -2.20. The molecule has 0 bridgehead atoms. The Labute approximate surface area is 121 Å². The summed E-state index contributed by atoms with van der Waals surface area (Å²) < 4.78 is 1.08. The van der Waals surface area contributed by atoms with Gasteiger partial charge in [-0.05, 0) is 36.1 Å². The van der Waals surface area contributed by atoms with E-state index in [0.29, 0.717) is 0 Å². The zero-order valence-electron chi connectivity index (χ0n) is 10.6. The molecule has 0 fully saturated rings. The van der Waals surface area contributed by atoms with E-state index in [1.165, 1.54) is 10.6 Å². The van der Waals surface area contributed by atoms with Gasteiger partial charge in [-0.2, -0.15) is 0 Å². The van der Waals surface area contributed by atoms with Gasteiger partial charge >= 0.3 is 0 Å². The van der Waals surface area contributed by atoms with Crippen LogP contribution in [0, 0.1) is 0 Å². The minimum atomic E-state index is 0.0519. The predicted octanol–water partition coefficient (Wildman–Crippen LogP) is 4.17. The van der Waals surface area contributed by atoms with Crippen molar-refractivity contribution in [3.63, 3.8) is 0 Å². The van der Waals surface area contributed by atoms with E-state index in [1.54, 1.807) is 11.3 Å². The molecule has 2 nitrogen and oxygen atoms in total. The van der Waals surface area contributed by atoms with Crippen molar-refractivity contribution in [3.05, 3.63) is 50.6 Å².